The third-order valence-electron chi connectivity index (χ3n) is 3.40. The molecule has 6 heteroatoms. The van der Waals surface area contributed by atoms with E-state index in [0.29, 0.717) is 18.1 Å². The summed E-state index contributed by atoms with van der Waals surface area (Å²) in [6, 6.07) is 5.07. The van der Waals surface area contributed by atoms with Gasteiger partial charge in [0.25, 0.3) is 5.91 Å². The number of carbonyl (C=O) groups excluding carboxylic acids is 1. The number of nitrogens with two attached hydrogens (primary N) is 1. The Hall–Kier alpha value is -1.66. The van der Waals surface area contributed by atoms with E-state index in [-0.39, 0.29) is 11.5 Å². The maximum atomic E-state index is 11.9. The summed E-state index contributed by atoms with van der Waals surface area (Å²) >= 11 is 0. The van der Waals surface area contributed by atoms with Crippen molar-refractivity contribution in [1.82, 2.24) is 10.3 Å². The van der Waals surface area contributed by atoms with Gasteiger partial charge in [0.05, 0.1) is 5.60 Å². The fourth-order valence-corrected chi connectivity index (χ4v) is 2.00. The van der Waals surface area contributed by atoms with Gasteiger partial charge in [-0.15, -0.1) is 0 Å². The summed E-state index contributed by atoms with van der Waals surface area (Å²) in [5.74, 6) is 5.50. The highest BCUT2D eigenvalue weighted by atomic mass is 16.5. The maximum Gasteiger partial charge on any atom is 0.270 e. The summed E-state index contributed by atoms with van der Waals surface area (Å²) in [7, 11) is 1.68. The van der Waals surface area contributed by atoms with Crippen molar-refractivity contribution in [2.24, 2.45) is 5.84 Å². The van der Waals surface area contributed by atoms with E-state index in [9.17, 15) is 4.79 Å². The lowest BCUT2D eigenvalue weighted by molar-refractivity contribution is -0.0679. The zero-order chi connectivity index (χ0) is 13.0. The van der Waals surface area contributed by atoms with Crippen molar-refractivity contribution in [1.29, 1.82) is 0 Å². The van der Waals surface area contributed by atoms with E-state index in [4.69, 9.17) is 10.6 Å². The first kappa shape index (κ1) is 12.8. The van der Waals surface area contributed by atoms with Gasteiger partial charge in [0.15, 0.2) is 0 Å². The van der Waals surface area contributed by atoms with Gasteiger partial charge in [-0.1, -0.05) is 6.07 Å². The van der Waals surface area contributed by atoms with Crippen LogP contribution in [0.25, 0.3) is 0 Å². The fourth-order valence-electron chi connectivity index (χ4n) is 2.00. The van der Waals surface area contributed by atoms with Gasteiger partial charge in [0.2, 0.25) is 0 Å². The van der Waals surface area contributed by atoms with Crippen molar-refractivity contribution >= 4 is 11.7 Å². The number of nitrogen functional groups attached to an aromatic ring is 1. The number of aromatic nitrogens is 1. The van der Waals surface area contributed by atoms with E-state index >= 15 is 0 Å². The highest BCUT2D eigenvalue weighted by Crippen LogP contribution is 2.34. The summed E-state index contributed by atoms with van der Waals surface area (Å²) in [5.41, 5.74) is 2.57. The number of pyridine rings is 1. The summed E-state index contributed by atoms with van der Waals surface area (Å²) < 4.78 is 5.44. The van der Waals surface area contributed by atoms with Crippen LogP contribution >= 0.6 is 0 Å². The van der Waals surface area contributed by atoms with Gasteiger partial charge in [0.1, 0.15) is 11.5 Å². The van der Waals surface area contributed by atoms with Crippen molar-refractivity contribution in [3.8, 4) is 0 Å². The Morgan fingerprint density at radius 2 is 2.33 bits per heavy atom. The largest absolute Gasteiger partial charge is 0.376 e. The molecule has 4 N–H and O–H groups in total. The zero-order valence-electron chi connectivity index (χ0n) is 10.4. The Morgan fingerprint density at radius 1 is 1.56 bits per heavy atom. The summed E-state index contributed by atoms with van der Waals surface area (Å²) in [6.07, 6.45) is 3.12. The fraction of sp³-hybridized carbons (Fsp3) is 0.500. The number of hydrogen-bond donors (Lipinski definition) is 3. The molecule has 0 unspecified atom stereocenters. The second kappa shape index (κ2) is 5.32. The molecule has 1 saturated carbocycles. The predicted molar refractivity (Wildman–Crippen MR) is 68.0 cm³/mol. The molecule has 2 rings (SSSR count). The van der Waals surface area contributed by atoms with E-state index in [0.717, 1.165) is 19.3 Å². The molecule has 0 spiro atoms. The van der Waals surface area contributed by atoms with Crippen molar-refractivity contribution in [3.63, 3.8) is 0 Å². The highest BCUT2D eigenvalue weighted by molar-refractivity contribution is 5.92. The lowest BCUT2D eigenvalue weighted by Crippen LogP contribution is -2.49. The number of ether oxygens (including phenoxy) is 1. The topological polar surface area (TPSA) is 89.3 Å². The second-order valence-electron chi connectivity index (χ2n) is 4.48. The van der Waals surface area contributed by atoms with Crippen molar-refractivity contribution in [3.05, 3.63) is 23.9 Å². The molecule has 1 amide bonds. The molecule has 1 heterocycles. The number of carbonyl (C=O) groups is 1. The number of amides is 1. The molecule has 0 atom stereocenters. The number of hydrazine groups is 1. The van der Waals surface area contributed by atoms with Crippen LogP contribution in [-0.2, 0) is 4.74 Å². The number of nitrogens with zero attached hydrogens (tertiary/aromatic N) is 1. The van der Waals surface area contributed by atoms with Crippen LogP contribution in [0.1, 0.15) is 29.8 Å². The van der Waals surface area contributed by atoms with Crippen LogP contribution in [0.5, 0.6) is 0 Å². The van der Waals surface area contributed by atoms with E-state index in [1.807, 2.05) is 0 Å². The minimum atomic E-state index is -0.213. The molecule has 0 aromatic carbocycles. The molecule has 1 aromatic heterocycles. The first-order chi connectivity index (χ1) is 8.69. The molecule has 0 bridgehead atoms. The van der Waals surface area contributed by atoms with Gasteiger partial charge in [-0.25, -0.2) is 10.8 Å². The summed E-state index contributed by atoms with van der Waals surface area (Å²) in [5, 5.41) is 2.85. The molecule has 0 radical (unpaired) electrons. The smallest absolute Gasteiger partial charge is 0.270 e. The Kier molecular flexibility index (Phi) is 3.78. The Morgan fingerprint density at radius 3 is 2.89 bits per heavy atom. The molecule has 1 aliphatic rings. The lowest BCUT2D eigenvalue weighted by Gasteiger charge is -2.40. The van der Waals surface area contributed by atoms with Crippen molar-refractivity contribution in [2.45, 2.75) is 24.9 Å². The number of hydrogen-bond acceptors (Lipinski definition) is 5. The van der Waals surface area contributed by atoms with Gasteiger partial charge in [-0.05, 0) is 31.4 Å². The molecule has 1 aliphatic carbocycles. The number of methoxy groups -OCH3 is 1. The van der Waals surface area contributed by atoms with Gasteiger partial charge < -0.3 is 15.5 Å². The normalized spacial score (nSPS) is 16.8. The van der Waals surface area contributed by atoms with Gasteiger partial charge in [-0.3, -0.25) is 4.79 Å². The molecular weight excluding hydrogens is 232 g/mol. The van der Waals surface area contributed by atoms with E-state index < -0.39 is 0 Å². The van der Waals surface area contributed by atoms with Gasteiger partial charge >= 0.3 is 0 Å². The maximum absolute atomic E-state index is 11.9. The lowest BCUT2D eigenvalue weighted by atomic mass is 9.80. The average molecular weight is 250 g/mol. The van der Waals surface area contributed by atoms with Crippen LogP contribution in [0, 0.1) is 0 Å². The molecule has 98 valence electrons. The van der Waals surface area contributed by atoms with Crippen LogP contribution < -0.4 is 16.6 Å². The zero-order valence-corrected chi connectivity index (χ0v) is 10.4. The van der Waals surface area contributed by atoms with Crippen LogP contribution in [0.15, 0.2) is 18.2 Å². The van der Waals surface area contributed by atoms with Crippen LogP contribution in [0.2, 0.25) is 0 Å². The van der Waals surface area contributed by atoms with Crippen LogP contribution in [0.4, 0.5) is 5.82 Å². The number of anilines is 1. The Labute approximate surface area is 106 Å². The van der Waals surface area contributed by atoms with Crippen LogP contribution in [0.3, 0.4) is 0 Å². The van der Waals surface area contributed by atoms with Crippen LogP contribution in [-0.4, -0.2) is 30.1 Å². The second-order valence-corrected chi connectivity index (χ2v) is 4.48. The quantitative estimate of drug-likeness (QED) is 0.528. The SMILES string of the molecule is COC1(CNC(=O)c2cccc(NN)n2)CCC1. The first-order valence-corrected chi connectivity index (χ1v) is 5.96. The molecule has 18 heavy (non-hydrogen) atoms. The Bertz CT molecular complexity index is 426. The number of rotatable bonds is 5. The molecule has 1 aromatic rings. The minimum Gasteiger partial charge on any atom is -0.376 e. The van der Waals surface area contributed by atoms with Gasteiger partial charge in [0, 0.05) is 13.7 Å². The summed E-state index contributed by atoms with van der Waals surface area (Å²) in [6.45, 7) is 0.518. The van der Waals surface area contributed by atoms with Crippen molar-refractivity contribution < 1.29 is 9.53 Å². The number of nitrogens with one attached hydrogen (secondary N) is 2. The monoisotopic (exact) mass is 250 g/mol. The molecule has 6 nitrogen and oxygen atoms in total. The standard InChI is InChI=1S/C12H18N4O2/c1-18-12(6-3-7-12)8-14-11(17)9-4-2-5-10(15-9)16-13/h2,4-5H,3,6-8,13H2,1H3,(H,14,17)(H,15,16). The average Bonchev–Trinajstić information content (AvgIpc) is 2.38. The molecule has 1 fully saturated rings. The predicted octanol–water partition coefficient (Wildman–Crippen LogP) is 0.666. The minimum absolute atomic E-state index is 0.181. The molecule has 0 saturated heterocycles. The highest BCUT2D eigenvalue weighted by Gasteiger charge is 2.37. The summed E-state index contributed by atoms with van der Waals surface area (Å²) in [4.78, 5) is 16.0. The van der Waals surface area contributed by atoms with E-state index in [1.165, 1.54) is 0 Å². The molecular formula is C12H18N4O2. The van der Waals surface area contributed by atoms with E-state index in [2.05, 4.69) is 15.7 Å². The van der Waals surface area contributed by atoms with Crippen molar-refractivity contribution in [2.75, 3.05) is 19.1 Å². The molecule has 0 aliphatic heterocycles. The Balaban J connectivity index is 1.95. The van der Waals surface area contributed by atoms with E-state index in [1.54, 1.807) is 25.3 Å². The third-order valence-corrected chi connectivity index (χ3v) is 3.40. The first-order valence-electron chi connectivity index (χ1n) is 5.96. The third kappa shape index (κ3) is 2.60. The van der Waals surface area contributed by atoms with Gasteiger partial charge in [-0.2, -0.15) is 0 Å².